The van der Waals surface area contributed by atoms with E-state index < -0.39 is 15.8 Å². The minimum Gasteiger partial charge on any atom is -0.368 e. The van der Waals surface area contributed by atoms with E-state index in [0.717, 1.165) is 17.5 Å². The topological polar surface area (TPSA) is 84.0 Å². The number of rotatable bonds is 7. The summed E-state index contributed by atoms with van der Waals surface area (Å²) in [5.41, 5.74) is 1.36. The fourth-order valence-corrected chi connectivity index (χ4v) is 4.03. The minimum absolute atomic E-state index is 0.0139. The molecule has 6 nitrogen and oxygen atoms in total. The Balaban J connectivity index is 1.51. The minimum atomic E-state index is -3.75. The van der Waals surface area contributed by atoms with E-state index in [1.165, 1.54) is 24.3 Å². The number of anilines is 1. The van der Waals surface area contributed by atoms with Crippen molar-refractivity contribution in [2.75, 3.05) is 18.4 Å². The molecule has 3 aromatic carbocycles. The Labute approximate surface area is 178 Å². The number of nitrogens with one attached hydrogen (secondary N) is 2. The van der Waals surface area contributed by atoms with E-state index >= 15 is 0 Å². The molecule has 0 fully saturated rings. The second-order valence-corrected chi connectivity index (χ2v) is 8.47. The maximum absolute atomic E-state index is 13.3. The molecule has 0 bridgehead atoms. The smallest absolute Gasteiger partial charge is 0.240 e. The van der Waals surface area contributed by atoms with E-state index in [9.17, 15) is 17.2 Å². The van der Waals surface area contributed by atoms with Crippen LogP contribution in [0.5, 0.6) is 0 Å². The summed E-state index contributed by atoms with van der Waals surface area (Å²) >= 11 is 0. The van der Waals surface area contributed by atoms with Crippen LogP contribution in [0.3, 0.4) is 0 Å². The second kappa shape index (κ2) is 8.75. The predicted molar refractivity (Wildman–Crippen MR) is 115 cm³/mol. The van der Waals surface area contributed by atoms with Crippen LogP contribution < -0.4 is 10.0 Å². The van der Waals surface area contributed by atoms with Gasteiger partial charge in [-0.15, -0.1) is 0 Å². The van der Waals surface area contributed by atoms with Crippen LogP contribution in [0, 0.1) is 11.6 Å². The van der Waals surface area contributed by atoms with Gasteiger partial charge in [0.1, 0.15) is 17.5 Å². The number of nitrogens with zero attached hydrogens (tertiary/aromatic N) is 2. The van der Waals surface area contributed by atoms with Crippen LogP contribution in [0.25, 0.3) is 22.3 Å². The van der Waals surface area contributed by atoms with Crippen LogP contribution in [0.15, 0.2) is 77.7 Å². The molecule has 0 aliphatic rings. The molecule has 0 saturated heterocycles. The monoisotopic (exact) mass is 440 g/mol. The van der Waals surface area contributed by atoms with Crippen molar-refractivity contribution < 1.29 is 17.2 Å². The van der Waals surface area contributed by atoms with Gasteiger partial charge in [-0.3, -0.25) is 0 Å². The van der Waals surface area contributed by atoms with Crippen LogP contribution in [0.1, 0.15) is 0 Å². The van der Waals surface area contributed by atoms with Gasteiger partial charge in [0, 0.05) is 24.0 Å². The van der Waals surface area contributed by atoms with Gasteiger partial charge in [-0.2, -0.15) is 0 Å². The molecule has 0 spiro atoms. The first-order valence-corrected chi connectivity index (χ1v) is 10.9. The highest BCUT2D eigenvalue weighted by molar-refractivity contribution is 7.89. The van der Waals surface area contributed by atoms with E-state index in [1.807, 2.05) is 24.3 Å². The highest BCUT2D eigenvalue weighted by Gasteiger charge is 2.14. The molecule has 9 heteroatoms. The molecule has 1 aromatic heterocycles. The van der Waals surface area contributed by atoms with Gasteiger partial charge in [-0.1, -0.05) is 12.1 Å². The number of benzene rings is 3. The molecule has 1 heterocycles. The van der Waals surface area contributed by atoms with Crippen molar-refractivity contribution in [3.63, 3.8) is 0 Å². The summed E-state index contributed by atoms with van der Waals surface area (Å²) in [7, 11) is -3.75. The first-order valence-electron chi connectivity index (χ1n) is 9.44. The van der Waals surface area contributed by atoms with E-state index in [1.54, 1.807) is 12.1 Å². The lowest BCUT2D eigenvalue weighted by atomic mass is 10.2. The van der Waals surface area contributed by atoms with Crippen molar-refractivity contribution >= 4 is 26.7 Å². The summed E-state index contributed by atoms with van der Waals surface area (Å²) in [6, 6.07) is 17.9. The van der Waals surface area contributed by atoms with Crippen molar-refractivity contribution in [1.29, 1.82) is 0 Å². The van der Waals surface area contributed by atoms with Crippen molar-refractivity contribution in [2.45, 2.75) is 4.90 Å². The fourth-order valence-electron chi connectivity index (χ4n) is 3.00. The third kappa shape index (κ3) is 4.84. The van der Waals surface area contributed by atoms with Crippen LogP contribution in [0.2, 0.25) is 0 Å². The SMILES string of the molecule is O=S(=O)(NCCNc1nc(-c2ccc(F)cc2)nc2ccccc12)c1ccc(F)cc1. The highest BCUT2D eigenvalue weighted by atomic mass is 32.2. The standard InChI is InChI=1S/C22H18F2N4O2S/c23-16-7-5-15(6-8-16)21-27-20-4-2-1-3-19(20)22(28-21)25-13-14-26-31(29,30)18-11-9-17(24)10-12-18/h1-12,26H,13-14H2,(H,25,27,28). The van der Waals surface area contributed by atoms with E-state index in [2.05, 4.69) is 20.0 Å². The second-order valence-electron chi connectivity index (χ2n) is 6.70. The summed E-state index contributed by atoms with van der Waals surface area (Å²) in [6.45, 7) is 0.341. The lowest BCUT2D eigenvalue weighted by molar-refractivity contribution is 0.582. The first kappa shape index (κ1) is 20.8. The zero-order valence-electron chi connectivity index (χ0n) is 16.2. The molecule has 0 radical (unpaired) electrons. The van der Waals surface area contributed by atoms with Crippen molar-refractivity contribution in [3.05, 3.63) is 84.4 Å². The van der Waals surface area contributed by atoms with Gasteiger partial charge in [0.2, 0.25) is 10.0 Å². The molecular formula is C22H18F2N4O2S. The number of fused-ring (bicyclic) bond motifs is 1. The third-order valence-electron chi connectivity index (χ3n) is 4.54. The number of aromatic nitrogens is 2. The van der Waals surface area contributed by atoms with Crippen LogP contribution in [-0.2, 0) is 10.0 Å². The van der Waals surface area contributed by atoms with Gasteiger partial charge in [-0.25, -0.2) is 31.9 Å². The Kier molecular flexibility index (Phi) is 5.88. The van der Waals surface area contributed by atoms with Crippen LogP contribution in [0.4, 0.5) is 14.6 Å². The molecule has 2 N–H and O–H groups in total. The lowest BCUT2D eigenvalue weighted by Gasteiger charge is -2.12. The van der Waals surface area contributed by atoms with Gasteiger partial charge in [-0.05, 0) is 60.7 Å². The first-order chi connectivity index (χ1) is 14.9. The van der Waals surface area contributed by atoms with Crippen molar-refractivity contribution in [3.8, 4) is 11.4 Å². The maximum atomic E-state index is 13.3. The molecule has 158 valence electrons. The molecule has 31 heavy (non-hydrogen) atoms. The summed E-state index contributed by atoms with van der Waals surface area (Å²) in [6.07, 6.45) is 0. The van der Waals surface area contributed by atoms with Gasteiger partial charge in [0.05, 0.1) is 10.4 Å². The van der Waals surface area contributed by atoms with Gasteiger partial charge >= 0.3 is 0 Å². The van der Waals surface area contributed by atoms with Gasteiger partial charge in [0.25, 0.3) is 0 Å². The largest absolute Gasteiger partial charge is 0.368 e. The summed E-state index contributed by atoms with van der Waals surface area (Å²) in [4.78, 5) is 9.06. The number of para-hydroxylation sites is 1. The predicted octanol–water partition coefficient (Wildman–Crippen LogP) is 3.97. The Morgan fingerprint density at radius 2 is 1.42 bits per heavy atom. The van der Waals surface area contributed by atoms with E-state index in [0.29, 0.717) is 22.7 Å². The normalized spacial score (nSPS) is 11.5. The summed E-state index contributed by atoms with van der Waals surface area (Å²) in [5, 5.41) is 3.90. The zero-order chi connectivity index (χ0) is 21.8. The highest BCUT2D eigenvalue weighted by Crippen LogP contribution is 2.25. The lowest BCUT2D eigenvalue weighted by Crippen LogP contribution is -2.29. The van der Waals surface area contributed by atoms with Gasteiger partial charge in [0.15, 0.2) is 5.82 Å². The Morgan fingerprint density at radius 1 is 0.774 bits per heavy atom. The molecular weight excluding hydrogens is 422 g/mol. The quantitative estimate of drug-likeness (QED) is 0.425. The fraction of sp³-hybridized carbons (Fsp3) is 0.0909. The molecule has 0 atom stereocenters. The van der Waals surface area contributed by atoms with Gasteiger partial charge < -0.3 is 5.32 Å². The molecule has 4 aromatic rings. The van der Waals surface area contributed by atoms with E-state index in [-0.39, 0.29) is 23.8 Å². The number of halogens is 2. The zero-order valence-corrected chi connectivity index (χ0v) is 17.0. The molecule has 0 unspecified atom stereocenters. The van der Waals surface area contributed by atoms with Crippen molar-refractivity contribution in [2.24, 2.45) is 0 Å². The van der Waals surface area contributed by atoms with Crippen LogP contribution in [-0.4, -0.2) is 31.5 Å². The molecule has 0 saturated carbocycles. The van der Waals surface area contributed by atoms with E-state index in [4.69, 9.17) is 0 Å². The average molecular weight is 440 g/mol. The Hall–Kier alpha value is -3.43. The number of hydrogen-bond acceptors (Lipinski definition) is 5. The number of sulfonamides is 1. The third-order valence-corrected chi connectivity index (χ3v) is 6.02. The summed E-state index contributed by atoms with van der Waals surface area (Å²) in [5.74, 6) is 0.100. The molecule has 4 rings (SSSR count). The van der Waals surface area contributed by atoms with Crippen molar-refractivity contribution in [1.82, 2.24) is 14.7 Å². The van der Waals surface area contributed by atoms with Crippen LogP contribution >= 0.6 is 0 Å². The summed E-state index contributed by atoms with van der Waals surface area (Å²) < 4.78 is 53.4. The Morgan fingerprint density at radius 3 is 2.13 bits per heavy atom. The molecule has 0 amide bonds. The molecule has 0 aliphatic carbocycles. The Bertz CT molecular complexity index is 1310. The maximum Gasteiger partial charge on any atom is 0.240 e. The number of hydrogen-bond donors (Lipinski definition) is 2. The molecule has 0 aliphatic heterocycles. The average Bonchev–Trinajstić information content (AvgIpc) is 2.77.